The number of alkyl carbamates (subject to hydrolysis) is 1. The van der Waals surface area contributed by atoms with E-state index in [0.29, 0.717) is 5.69 Å². The molecule has 1 rings (SSSR count). The van der Waals surface area contributed by atoms with Crippen LogP contribution in [-0.2, 0) is 14.3 Å². The number of benzene rings is 1. The topological polar surface area (TPSA) is 90.6 Å². The molecule has 0 heterocycles. The molecule has 1 aromatic carbocycles. The molecule has 3 N–H and O–H groups in total. The Hall–Kier alpha value is -2.15. The SMILES string of the molecule is COC(=O)/C(=C\Sc1ccc(N)cc1)NC(=O)OC(C)(C)C. The van der Waals surface area contributed by atoms with E-state index < -0.39 is 17.7 Å². The second kappa shape index (κ2) is 7.74. The van der Waals surface area contributed by atoms with Crippen LogP contribution in [0.3, 0.4) is 0 Å². The molecule has 120 valence electrons. The molecule has 0 saturated carbocycles. The zero-order valence-electron chi connectivity index (χ0n) is 13.0. The van der Waals surface area contributed by atoms with Crippen LogP contribution < -0.4 is 11.1 Å². The van der Waals surface area contributed by atoms with Gasteiger partial charge in [-0.15, -0.1) is 0 Å². The Balaban J connectivity index is 2.79. The number of anilines is 1. The number of carbonyl (C=O) groups is 2. The first-order valence-electron chi connectivity index (χ1n) is 6.52. The molecule has 0 bridgehead atoms. The van der Waals surface area contributed by atoms with Crippen molar-refractivity contribution in [3.05, 3.63) is 35.4 Å². The van der Waals surface area contributed by atoms with Gasteiger partial charge < -0.3 is 15.2 Å². The van der Waals surface area contributed by atoms with Crippen LogP contribution >= 0.6 is 11.8 Å². The highest BCUT2D eigenvalue weighted by Gasteiger charge is 2.20. The molecular weight excluding hydrogens is 304 g/mol. The fourth-order valence-electron chi connectivity index (χ4n) is 1.33. The van der Waals surface area contributed by atoms with Gasteiger partial charge in [0, 0.05) is 16.0 Å². The summed E-state index contributed by atoms with van der Waals surface area (Å²) in [6, 6.07) is 7.10. The third-order valence-electron chi connectivity index (χ3n) is 2.23. The third kappa shape index (κ3) is 6.53. The van der Waals surface area contributed by atoms with Gasteiger partial charge in [0.1, 0.15) is 11.3 Å². The molecule has 1 amide bonds. The first-order chi connectivity index (χ1) is 10.2. The summed E-state index contributed by atoms with van der Waals surface area (Å²) in [5.74, 6) is -0.659. The lowest BCUT2D eigenvalue weighted by atomic mass is 10.2. The highest BCUT2D eigenvalue weighted by atomic mass is 32.2. The molecule has 0 aliphatic rings. The molecule has 1 aromatic rings. The van der Waals surface area contributed by atoms with Crippen LogP contribution in [0.4, 0.5) is 10.5 Å². The van der Waals surface area contributed by atoms with E-state index in [1.807, 2.05) is 0 Å². The van der Waals surface area contributed by atoms with Crippen molar-refractivity contribution in [2.24, 2.45) is 0 Å². The average Bonchev–Trinajstić information content (AvgIpc) is 2.42. The van der Waals surface area contributed by atoms with Crippen molar-refractivity contribution in [3.8, 4) is 0 Å². The van der Waals surface area contributed by atoms with Gasteiger partial charge in [0.25, 0.3) is 0 Å². The lowest BCUT2D eigenvalue weighted by molar-refractivity contribution is -0.136. The van der Waals surface area contributed by atoms with Gasteiger partial charge >= 0.3 is 12.1 Å². The number of nitrogens with two attached hydrogens (primary N) is 1. The predicted octanol–water partition coefficient (Wildman–Crippen LogP) is 2.90. The number of methoxy groups -OCH3 is 1. The Morgan fingerprint density at radius 1 is 1.23 bits per heavy atom. The highest BCUT2D eigenvalue weighted by molar-refractivity contribution is 8.02. The number of nitrogen functional groups attached to an aromatic ring is 1. The molecule has 0 atom stereocenters. The summed E-state index contributed by atoms with van der Waals surface area (Å²) in [5, 5.41) is 3.87. The van der Waals surface area contributed by atoms with Crippen molar-refractivity contribution in [2.75, 3.05) is 12.8 Å². The Labute approximate surface area is 134 Å². The van der Waals surface area contributed by atoms with Crippen LogP contribution in [0.25, 0.3) is 0 Å². The van der Waals surface area contributed by atoms with Gasteiger partial charge in [-0.05, 0) is 45.0 Å². The number of hydrogen-bond acceptors (Lipinski definition) is 6. The van der Waals surface area contributed by atoms with Crippen molar-refractivity contribution < 1.29 is 19.1 Å². The number of ether oxygens (including phenoxy) is 2. The number of hydrogen-bond donors (Lipinski definition) is 2. The summed E-state index contributed by atoms with van der Waals surface area (Å²) < 4.78 is 9.75. The molecule has 0 aliphatic carbocycles. The Morgan fingerprint density at radius 3 is 2.32 bits per heavy atom. The predicted molar refractivity (Wildman–Crippen MR) is 86.2 cm³/mol. The van der Waals surface area contributed by atoms with Crippen molar-refractivity contribution in [2.45, 2.75) is 31.3 Å². The lowest BCUT2D eigenvalue weighted by Gasteiger charge is -2.20. The van der Waals surface area contributed by atoms with Gasteiger partial charge in [-0.1, -0.05) is 11.8 Å². The monoisotopic (exact) mass is 324 g/mol. The number of nitrogens with one attached hydrogen (secondary N) is 1. The van der Waals surface area contributed by atoms with E-state index in [1.54, 1.807) is 45.0 Å². The fraction of sp³-hybridized carbons (Fsp3) is 0.333. The number of esters is 1. The molecule has 6 nitrogen and oxygen atoms in total. The number of thioether (sulfide) groups is 1. The van der Waals surface area contributed by atoms with Gasteiger partial charge in [-0.2, -0.15) is 0 Å². The van der Waals surface area contributed by atoms with Gasteiger partial charge in [-0.3, -0.25) is 5.32 Å². The minimum Gasteiger partial charge on any atom is -0.464 e. The molecule has 0 aromatic heterocycles. The van der Waals surface area contributed by atoms with Crippen molar-refractivity contribution in [3.63, 3.8) is 0 Å². The van der Waals surface area contributed by atoms with E-state index in [2.05, 4.69) is 10.1 Å². The quantitative estimate of drug-likeness (QED) is 0.383. The van der Waals surface area contributed by atoms with Crippen LogP contribution in [0, 0.1) is 0 Å². The molecule has 0 unspecified atom stereocenters. The molecule has 0 spiro atoms. The van der Waals surface area contributed by atoms with Gasteiger partial charge in [0.2, 0.25) is 0 Å². The number of rotatable bonds is 4. The molecule has 22 heavy (non-hydrogen) atoms. The first-order valence-corrected chi connectivity index (χ1v) is 7.40. The molecular formula is C15H20N2O4S. The molecule has 0 aliphatic heterocycles. The summed E-state index contributed by atoms with van der Waals surface area (Å²) in [6.07, 6.45) is -0.720. The maximum Gasteiger partial charge on any atom is 0.412 e. The normalized spacial score (nSPS) is 11.7. The second-order valence-electron chi connectivity index (χ2n) is 5.34. The van der Waals surface area contributed by atoms with E-state index in [0.717, 1.165) is 4.90 Å². The fourth-order valence-corrected chi connectivity index (χ4v) is 2.03. The maximum atomic E-state index is 11.7. The highest BCUT2D eigenvalue weighted by Crippen LogP contribution is 2.21. The van der Waals surface area contributed by atoms with Crippen LogP contribution in [0.15, 0.2) is 40.3 Å². The first kappa shape index (κ1) is 17.9. The standard InChI is InChI=1S/C15H20N2O4S/c1-15(2,3)21-14(19)17-12(13(18)20-4)9-22-11-7-5-10(16)6-8-11/h5-9H,16H2,1-4H3,(H,17,19)/b12-9+. The summed E-state index contributed by atoms with van der Waals surface area (Å²) in [4.78, 5) is 24.3. The second-order valence-corrected chi connectivity index (χ2v) is 6.28. The maximum absolute atomic E-state index is 11.7. The Bertz CT molecular complexity index is 562. The minimum absolute atomic E-state index is 0.00132. The summed E-state index contributed by atoms with van der Waals surface area (Å²) in [5.41, 5.74) is 5.59. The molecule has 0 radical (unpaired) electrons. The van der Waals surface area contributed by atoms with Gasteiger partial charge in [0.15, 0.2) is 0 Å². The Morgan fingerprint density at radius 2 is 1.82 bits per heavy atom. The van der Waals surface area contributed by atoms with E-state index >= 15 is 0 Å². The average molecular weight is 324 g/mol. The largest absolute Gasteiger partial charge is 0.464 e. The number of amides is 1. The van der Waals surface area contributed by atoms with E-state index in [4.69, 9.17) is 10.5 Å². The smallest absolute Gasteiger partial charge is 0.412 e. The summed E-state index contributed by atoms with van der Waals surface area (Å²) >= 11 is 1.25. The van der Waals surface area contributed by atoms with E-state index in [-0.39, 0.29) is 5.70 Å². The summed E-state index contributed by atoms with van der Waals surface area (Å²) in [6.45, 7) is 5.20. The molecule has 0 fully saturated rings. The third-order valence-corrected chi connectivity index (χ3v) is 3.13. The lowest BCUT2D eigenvalue weighted by Crippen LogP contribution is -2.34. The zero-order chi connectivity index (χ0) is 16.8. The summed E-state index contributed by atoms with van der Waals surface area (Å²) in [7, 11) is 1.24. The Kier molecular flexibility index (Phi) is 6.30. The van der Waals surface area contributed by atoms with E-state index in [1.165, 1.54) is 24.3 Å². The van der Waals surface area contributed by atoms with Crippen LogP contribution in [0.2, 0.25) is 0 Å². The molecule has 7 heteroatoms. The number of carbonyl (C=O) groups excluding carboxylic acids is 2. The molecule has 0 saturated heterocycles. The van der Waals surface area contributed by atoms with Crippen LogP contribution in [0.5, 0.6) is 0 Å². The van der Waals surface area contributed by atoms with Gasteiger partial charge in [-0.25, -0.2) is 9.59 Å². The zero-order valence-corrected chi connectivity index (χ0v) is 13.8. The minimum atomic E-state index is -0.720. The van der Waals surface area contributed by atoms with Crippen LogP contribution in [0.1, 0.15) is 20.8 Å². The van der Waals surface area contributed by atoms with E-state index in [9.17, 15) is 9.59 Å². The van der Waals surface area contributed by atoms with Crippen LogP contribution in [-0.4, -0.2) is 24.8 Å². The van der Waals surface area contributed by atoms with Crippen molar-refractivity contribution in [1.29, 1.82) is 0 Å². The van der Waals surface area contributed by atoms with Crippen molar-refractivity contribution >= 4 is 29.5 Å². The van der Waals surface area contributed by atoms with Crippen molar-refractivity contribution in [1.82, 2.24) is 5.32 Å². The van der Waals surface area contributed by atoms with Gasteiger partial charge in [0.05, 0.1) is 7.11 Å².